The first kappa shape index (κ1) is 13.8. The number of aromatic nitrogens is 2. The summed E-state index contributed by atoms with van der Waals surface area (Å²) < 4.78 is 4.80. The molecule has 1 aliphatic heterocycles. The monoisotopic (exact) mass is 290 g/mol. The highest BCUT2D eigenvalue weighted by Gasteiger charge is 2.45. The molecule has 2 aliphatic rings. The minimum Gasteiger partial charge on any atom is -0.359 e. The van der Waals surface area contributed by atoms with Crippen LogP contribution in [0.15, 0.2) is 18.7 Å². The molecular formula is C14H18N4O3. The van der Waals surface area contributed by atoms with Crippen LogP contribution in [0.4, 0.5) is 9.59 Å². The Balaban J connectivity index is 1.41. The molecule has 21 heavy (non-hydrogen) atoms. The molecule has 0 atom stereocenters. The maximum atomic E-state index is 11.9. The summed E-state index contributed by atoms with van der Waals surface area (Å²) in [5.74, 6) is 0. The zero-order chi connectivity index (χ0) is 14.7. The minimum absolute atomic E-state index is 0.232. The highest BCUT2D eigenvalue weighted by molar-refractivity contribution is 5.83. The SMILES string of the molecule is O=C(NCc1cncnc1)OC(=O)N1CCC2(CC1)CC2. The summed E-state index contributed by atoms with van der Waals surface area (Å²) in [4.78, 5) is 32.7. The Bertz CT molecular complexity index is 520. The number of nitrogens with one attached hydrogen (secondary N) is 1. The summed E-state index contributed by atoms with van der Waals surface area (Å²) in [5.41, 5.74) is 1.24. The Labute approximate surface area is 122 Å². The normalized spacial score (nSPS) is 19.1. The first-order valence-electron chi connectivity index (χ1n) is 7.15. The molecule has 112 valence electrons. The molecule has 0 bridgehead atoms. The quantitative estimate of drug-likeness (QED) is 0.838. The van der Waals surface area contributed by atoms with Gasteiger partial charge in [0.25, 0.3) is 0 Å². The van der Waals surface area contributed by atoms with Crippen molar-refractivity contribution in [2.45, 2.75) is 32.2 Å². The number of rotatable bonds is 2. The van der Waals surface area contributed by atoms with Gasteiger partial charge in [0.2, 0.25) is 0 Å². The van der Waals surface area contributed by atoms with Crippen LogP contribution < -0.4 is 5.32 Å². The number of hydrogen-bond donors (Lipinski definition) is 1. The van der Waals surface area contributed by atoms with E-state index in [4.69, 9.17) is 4.74 Å². The Morgan fingerprint density at radius 3 is 2.48 bits per heavy atom. The zero-order valence-electron chi connectivity index (χ0n) is 11.7. The van der Waals surface area contributed by atoms with Gasteiger partial charge >= 0.3 is 12.2 Å². The lowest BCUT2D eigenvalue weighted by molar-refractivity contribution is 0.101. The smallest absolute Gasteiger partial charge is 0.359 e. The van der Waals surface area contributed by atoms with Crippen molar-refractivity contribution in [3.63, 3.8) is 0 Å². The van der Waals surface area contributed by atoms with E-state index in [9.17, 15) is 9.59 Å². The maximum absolute atomic E-state index is 11.9. The van der Waals surface area contributed by atoms with Crippen LogP contribution in [-0.2, 0) is 11.3 Å². The van der Waals surface area contributed by atoms with Crippen LogP contribution in [0, 0.1) is 5.41 Å². The Morgan fingerprint density at radius 1 is 1.19 bits per heavy atom. The van der Waals surface area contributed by atoms with Crippen molar-refractivity contribution in [2.75, 3.05) is 13.1 Å². The fraction of sp³-hybridized carbons (Fsp3) is 0.571. The molecule has 3 rings (SSSR count). The van der Waals surface area contributed by atoms with Crippen LogP contribution in [0.3, 0.4) is 0 Å². The predicted octanol–water partition coefficient (Wildman–Crippen LogP) is 1.70. The van der Waals surface area contributed by atoms with E-state index in [0.717, 1.165) is 18.4 Å². The van der Waals surface area contributed by atoms with Crippen molar-refractivity contribution >= 4 is 12.2 Å². The van der Waals surface area contributed by atoms with Crippen molar-refractivity contribution in [2.24, 2.45) is 5.41 Å². The molecule has 7 nitrogen and oxygen atoms in total. The van der Waals surface area contributed by atoms with E-state index in [1.807, 2.05) is 0 Å². The number of amides is 2. The number of hydrogen-bond acceptors (Lipinski definition) is 5. The lowest BCUT2D eigenvalue weighted by Crippen LogP contribution is -2.41. The van der Waals surface area contributed by atoms with Crippen molar-refractivity contribution in [3.05, 3.63) is 24.3 Å². The van der Waals surface area contributed by atoms with Crippen LogP contribution >= 0.6 is 0 Å². The number of carbonyl (C=O) groups is 2. The van der Waals surface area contributed by atoms with Gasteiger partial charge in [-0.25, -0.2) is 19.6 Å². The fourth-order valence-electron chi connectivity index (χ4n) is 2.62. The van der Waals surface area contributed by atoms with Gasteiger partial charge < -0.3 is 15.0 Å². The number of carbonyl (C=O) groups excluding carboxylic acids is 2. The van der Waals surface area contributed by atoms with Gasteiger partial charge in [-0.3, -0.25) is 0 Å². The van der Waals surface area contributed by atoms with Gasteiger partial charge in [0.15, 0.2) is 0 Å². The van der Waals surface area contributed by atoms with Gasteiger partial charge in [0.05, 0.1) is 0 Å². The third kappa shape index (κ3) is 3.48. The summed E-state index contributed by atoms with van der Waals surface area (Å²) in [6.45, 7) is 1.59. The lowest BCUT2D eigenvalue weighted by atomic mass is 9.94. The molecule has 1 spiro atoms. The molecule has 2 fully saturated rings. The third-order valence-corrected chi connectivity index (χ3v) is 4.27. The van der Waals surface area contributed by atoms with E-state index in [1.165, 1.54) is 19.2 Å². The fourth-order valence-corrected chi connectivity index (χ4v) is 2.62. The Kier molecular flexibility index (Phi) is 3.72. The van der Waals surface area contributed by atoms with Crippen LogP contribution in [0.1, 0.15) is 31.2 Å². The lowest BCUT2D eigenvalue weighted by Gasteiger charge is -2.30. The molecule has 0 radical (unpaired) electrons. The summed E-state index contributed by atoms with van der Waals surface area (Å²) >= 11 is 0. The van der Waals surface area contributed by atoms with Crippen LogP contribution in [0.25, 0.3) is 0 Å². The van der Waals surface area contributed by atoms with Gasteiger partial charge in [-0.2, -0.15) is 0 Å². The largest absolute Gasteiger partial charge is 0.418 e. The van der Waals surface area contributed by atoms with E-state index in [1.54, 1.807) is 17.3 Å². The number of likely N-dealkylation sites (tertiary alicyclic amines) is 1. The molecule has 2 heterocycles. The van der Waals surface area contributed by atoms with Crippen molar-refractivity contribution < 1.29 is 14.3 Å². The molecule has 1 N–H and O–H groups in total. The second kappa shape index (κ2) is 5.67. The van der Waals surface area contributed by atoms with Crippen LogP contribution in [-0.4, -0.2) is 40.1 Å². The molecule has 1 saturated carbocycles. The molecule has 7 heteroatoms. The zero-order valence-corrected chi connectivity index (χ0v) is 11.7. The van der Waals surface area contributed by atoms with Gasteiger partial charge in [0.1, 0.15) is 6.33 Å². The summed E-state index contributed by atoms with van der Waals surface area (Å²) in [7, 11) is 0. The van der Waals surface area contributed by atoms with E-state index in [0.29, 0.717) is 18.5 Å². The molecule has 1 aliphatic carbocycles. The maximum Gasteiger partial charge on any atom is 0.418 e. The average Bonchev–Trinajstić information content (AvgIpc) is 3.26. The predicted molar refractivity (Wildman–Crippen MR) is 73.2 cm³/mol. The van der Waals surface area contributed by atoms with Gasteiger partial charge in [-0.1, -0.05) is 0 Å². The molecular weight excluding hydrogens is 272 g/mol. The number of alkyl carbamates (subject to hydrolysis) is 1. The highest BCUT2D eigenvalue weighted by Crippen LogP contribution is 2.53. The molecule has 1 saturated heterocycles. The average molecular weight is 290 g/mol. The summed E-state index contributed by atoms with van der Waals surface area (Å²) in [5, 5.41) is 2.51. The minimum atomic E-state index is -0.740. The van der Waals surface area contributed by atoms with Crippen LogP contribution in [0.5, 0.6) is 0 Å². The number of ether oxygens (including phenoxy) is 1. The van der Waals surface area contributed by atoms with Gasteiger partial charge in [-0.15, -0.1) is 0 Å². The van der Waals surface area contributed by atoms with Gasteiger partial charge in [-0.05, 0) is 31.1 Å². The highest BCUT2D eigenvalue weighted by atomic mass is 16.6. The summed E-state index contributed by atoms with van der Waals surface area (Å²) in [6, 6.07) is 0. The second-order valence-corrected chi connectivity index (χ2v) is 5.74. The van der Waals surface area contributed by atoms with E-state index in [-0.39, 0.29) is 6.54 Å². The second-order valence-electron chi connectivity index (χ2n) is 5.74. The third-order valence-electron chi connectivity index (χ3n) is 4.27. The number of piperidine rings is 1. The first-order chi connectivity index (χ1) is 10.2. The molecule has 0 unspecified atom stereocenters. The molecule has 1 aromatic heterocycles. The summed E-state index contributed by atoms with van der Waals surface area (Å²) in [6.07, 6.45) is 7.88. The van der Waals surface area contributed by atoms with Crippen molar-refractivity contribution in [1.82, 2.24) is 20.2 Å². The molecule has 1 aromatic rings. The first-order valence-corrected chi connectivity index (χ1v) is 7.15. The number of nitrogens with zero attached hydrogens (tertiary/aromatic N) is 3. The standard InChI is InChI=1S/C14H18N4O3/c19-12(17-9-11-7-15-10-16-8-11)21-13(20)18-5-3-14(1-2-14)4-6-18/h7-8,10H,1-6,9H2,(H,17,19). The Hall–Kier alpha value is -2.18. The Morgan fingerprint density at radius 2 is 1.86 bits per heavy atom. The van der Waals surface area contributed by atoms with Crippen LogP contribution in [0.2, 0.25) is 0 Å². The van der Waals surface area contributed by atoms with Gasteiger partial charge in [0, 0.05) is 37.6 Å². The van der Waals surface area contributed by atoms with E-state index >= 15 is 0 Å². The van der Waals surface area contributed by atoms with E-state index in [2.05, 4.69) is 15.3 Å². The van der Waals surface area contributed by atoms with Crippen molar-refractivity contribution in [3.8, 4) is 0 Å². The molecule has 2 amide bonds. The van der Waals surface area contributed by atoms with E-state index < -0.39 is 12.2 Å². The molecule has 0 aromatic carbocycles. The topological polar surface area (TPSA) is 84.4 Å². The van der Waals surface area contributed by atoms with Crippen molar-refractivity contribution in [1.29, 1.82) is 0 Å².